The molecule has 148 valence electrons. The Bertz CT molecular complexity index is 894. The molecular formula is C21H23NO6. The highest BCUT2D eigenvalue weighted by Crippen LogP contribution is 2.39. The number of carbonyl (C=O) groups is 2. The van der Waals surface area contributed by atoms with Crippen molar-refractivity contribution in [3.8, 4) is 17.2 Å². The lowest BCUT2D eigenvalue weighted by Gasteiger charge is -2.27. The Balaban J connectivity index is 2.05. The van der Waals surface area contributed by atoms with Gasteiger partial charge in [0.05, 0.1) is 30.9 Å². The number of methoxy groups -OCH3 is 2. The van der Waals surface area contributed by atoms with Crippen LogP contribution in [0.1, 0.15) is 45.7 Å². The molecule has 1 aliphatic rings. The second-order valence-corrected chi connectivity index (χ2v) is 6.32. The first-order valence-electron chi connectivity index (χ1n) is 9.03. The molecule has 0 radical (unpaired) electrons. The lowest BCUT2D eigenvalue weighted by Crippen LogP contribution is -2.34. The van der Waals surface area contributed by atoms with Crippen LogP contribution in [0.5, 0.6) is 17.2 Å². The second-order valence-electron chi connectivity index (χ2n) is 6.32. The molecule has 1 heterocycles. The number of aromatic hydroxyl groups is 1. The Hall–Kier alpha value is -3.06. The van der Waals surface area contributed by atoms with Crippen molar-refractivity contribution in [3.05, 3.63) is 53.1 Å². The van der Waals surface area contributed by atoms with E-state index >= 15 is 0 Å². The number of ether oxygens (including phenoxy) is 3. The number of hydrogen-bond donors (Lipinski definition) is 1. The normalized spacial score (nSPS) is 14.2. The van der Waals surface area contributed by atoms with Crippen LogP contribution in [0, 0.1) is 0 Å². The van der Waals surface area contributed by atoms with Gasteiger partial charge in [-0.3, -0.25) is 14.5 Å². The fraction of sp³-hybridized carbons (Fsp3) is 0.333. The zero-order chi connectivity index (χ0) is 20.3. The molecule has 1 unspecified atom stereocenters. The Kier molecular flexibility index (Phi) is 5.84. The minimum atomic E-state index is -0.572. The Morgan fingerprint density at radius 2 is 1.86 bits per heavy atom. The number of carbonyl (C=O) groups excluding carboxylic acids is 2. The molecule has 7 nitrogen and oxygen atoms in total. The fourth-order valence-electron chi connectivity index (χ4n) is 3.41. The summed E-state index contributed by atoms with van der Waals surface area (Å²) in [5.74, 6) is -0.0622. The van der Waals surface area contributed by atoms with Crippen molar-refractivity contribution in [2.75, 3.05) is 27.4 Å². The van der Waals surface area contributed by atoms with Crippen molar-refractivity contribution in [3.63, 3.8) is 0 Å². The van der Waals surface area contributed by atoms with E-state index < -0.39 is 17.9 Å². The predicted molar refractivity (Wildman–Crippen MR) is 102 cm³/mol. The van der Waals surface area contributed by atoms with Crippen LogP contribution in [0.15, 0.2) is 36.4 Å². The molecule has 3 rings (SSSR count). The smallest absolute Gasteiger partial charge is 0.265 e. The number of fused-ring (bicyclic) bond motifs is 1. The van der Waals surface area contributed by atoms with E-state index in [0.29, 0.717) is 31.1 Å². The van der Waals surface area contributed by atoms with E-state index in [4.69, 9.17) is 14.2 Å². The summed E-state index contributed by atoms with van der Waals surface area (Å²) >= 11 is 0. The first-order chi connectivity index (χ1) is 13.5. The van der Waals surface area contributed by atoms with Gasteiger partial charge < -0.3 is 19.3 Å². The SMILES string of the molecule is CCOc1cc(C(CCOC)N2C(=O)c3cccc(O)c3C2=O)ccc1OC. The van der Waals surface area contributed by atoms with E-state index in [0.717, 1.165) is 5.56 Å². The molecule has 1 aliphatic heterocycles. The van der Waals surface area contributed by atoms with Crippen molar-refractivity contribution >= 4 is 11.8 Å². The van der Waals surface area contributed by atoms with Crippen LogP contribution in [0.4, 0.5) is 0 Å². The first kappa shape index (κ1) is 19.7. The highest BCUT2D eigenvalue weighted by atomic mass is 16.5. The van der Waals surface area contributed by atoms with Crippen LogP contribution >= 0.6 is 0 Å². The van der Waals surface area contributed by atoms with Crippen LogP contribution in [0.3, 0.4) is 0 Å². The molecule has 0 fully saturated rings. The van der Waals surface area contributed by atoms with Gasteiger partial charge in [0, 0.05) is 13.7 Å². The summed E-state index contributed by atoms with van der Waals surface area (Å²) < 4.78 is 16.1. The Morgan fingerprint density at radius 3 is 2.50 bits per heavy atom. The lowest BCUT2D eigenvalue weighted by molar-refractivity contribution is 0.0544. The van der Waals surface area contributed by atoms with E-state index in [1.165, 1.54) is 11.0 Å². The summed E-state index contributed by atoms with van der Waals surface area (Å²) in [4.78, 5) is 27.1. The van der Waals surface area contributed by atoms with Gasteiger partial charge in [0.15, 0.2) is 11.5 Å². The number of nitrogens with zero attached hydrogens (tertiary/aromatic N) is 1. The number of phenolic OH excluding ortho intramolecular Hbond substituents is 1. The van der Waals surface area contributed by atoms with Crippen LogP contribution < -0.4 is 9.47 Å². The van der Waals surface area contributed by atoms with E-state index in [-0.39, 0.29) is 16.9 Å². The summed E-state index contributed by atoms with van der Waals surface area (Å²) in [5, 5.41) is 10.1. The highest BCUT2D eigenvalue weighted by molar-refractivity contribution is 6.22. The molecule has 7 heteroatoms. The maximum absolute atomic E-state index is 13.0. The van der Waals surface area contributed by atoms with Crippen LogP contribution in [0.25, 0.3) is 0 Å². The third-order valence-electron chi connectivity index (χ3n) is 4.70. The quantitative estimate of drug-likeness (QED) is 0.703. The molecule has 0 saturated heterocycles. The Labute approximate surface area is 163 Å². The predicted octanol–water partition coefficient (Wildman–Crippen LogP) is 3.17. The number of rotatable bonds is 8. The minimum Gasteiger partial charge on any atom is -0.507 e. The molecule has 0 saturated carbocycles. The summed E-state index contributed by atoms with van der Waals surface area (Å²) in [6, 6.07) is 9.23. The number of hydrogen-bond acceptors (Lipinski definition) is 6. The molecule has 2 aromatic carbocycles. The van der Waals surface area contributed by atoms with Crippen molar-refractivity contribution < 1.29 is 28.9 Å². The van der Waals surface area contributed by atoms with Crippen molar-refractivity contribution in [2.24, 2.45) is 0 Å². The fourth-order valence-corrected chi connectivity index (χ4v) is 3.41. The molecule has 0 spiro atoms. The number of benzene rings is 2. The number of imide groups is 1. The van der Waals surface area contributed by atoms with Gasteiger partial charge in [0.2, 0.25) is 0 Å². The van der Waals surface area contributed by atoms with E-state index in [1.54, 1.807) is 44.6 Å². The average molecular weight is 385 g/mol. The molecule has 0 bridgehead atoms. The van der Waals surface area contributed by atoms with Gasteiger partial charge >= 0.3 is 0 Å². The molecule has 2 aromatic rings. The van der Waals surface area contributed by atoms with Crippen molar-refractivity contribution in [1.82, 2.24) is 4.90 Å². The molecule has 0 aromatic heterocycles. The molecule has 0 aliphatic carbocycles. The molecular weight excluding hydrogens is 362 g/mol. The van der Waals surface area contributed by atoms with Gasteiger partial charge in [-0.2, -0.15) is 0 Å². The topological polar surface area (TPSA) is 85.3 Å². The summed E-state index contributed by atoms with van der Waals surface area (Å²) in [6.07, 6.45) is 0.403. The lowest BCUT2D eigenvalue weighted by atomic mass is 10.0. The van der Waals surface area contributed by atoms with E-state index in [9.17, 15) is 14.7 Å². The third kappa shape index (κ3) is 3.41. The van der Waals surface area contributed by atoms with Gasteiger partial charge in [-0.15, -0.1) is 0 Å². The van der Waals surface area contributed by atoms with Crippen LogP contribution in [-0.4, -0.2) is 49.3 Å². The zero-order valence-corrected chi connectivity index (χ0v) is 16.1. The molecule has 2 amide bonds. The average Bonchev–Trinajstić information content (AvgIpc) is 2.95. The van der Waals surface area contributed by atoms with Crippen molar-refractivity contribution in [1.29, 1.82) is 0 Å². The summed E-state index contributed by atoms with van der Waals surface area (Å²) in [6.45, 7) is 2.66. The summed E-state index contributed by atoms with van der Waals surface area (Å²) in [7, 11) is 3.11. The second kappa shape index (κ2) is 8.31. The third-order valence-corrected chi connectivity index (χ3v) is 4.70. The molecule has 1 N–H and O–H groups in total. The monoisotopic (exact) mass is 385 g/mol. The number of amides is 2. The van der Waals surface area contributed by atoms with Crippen LogP contribution in [-0.2, 0) is 4.74 Å². The highest BCUT2D eigenvalue weighted by Gasteiger charge is 2.42. The first-order valence-corrected chi connectivity index (χ1v) is 9.03. The van der Waals surface area contributed by atoms with Gasteiger partial charge in [-0.25, -0.2) is 0 Å². The largest absolute Gasteiger partial charge is 0.507 e. The van der Waals surface area contributed by atoms with Crippen molar-refractivity contribution in [2.45, 2.75) is 19.4 Å². The molecule has 28 heavy (non-hydrogen) atoms. The number of phenols is 1. The Morgan fingerprint density at radius 1 is 1.07 bits per heavy atom. The minimum absolute atomic E-state index is 0.0356. The van der Waals surface area contributed by atoms with Gasteiger partial charge in [-0.1, -0.05) is 12.1 Å². The standard InChI is InChI=1S/C21H23NO6/c1-4-28-18-12-13(8-9-17(18)27-3)15(10-11-26-2)22-20(24)14-6-5-7-16(23)19(14)21(22)25/h5-9,12,15,23H,4,10-11H2,1-3H3. The van der Waals surface area contributed by atoms with E-state index in [2.05, 4.69) is 0 Å². The van der Waals surface area contributed by atoms with Gasteiger partial charge in [0.1, 0.15) is 5.75 Å². The molecule has 1 atom stereocenters. The van der Waals surface area contributed by atoms with Gasteiger partial charge in [0.25, 0.3) is 11.8 Å². The maximum atomic E-state index is 13.0. The van der Waals surface area contributed by atoms with E-state index in [1.807, 2.05) is 6.92 Å². The maximum Gasteiger partial charge on any atom is 0.265 e. The summed E-state index contributed by atoms with van der Waals surface area (Å²) in [5.41, 5.74) is 0.953. The van der Waals surface area contributed by atoms with Gasteiger partial charge in [-0.05, 0) is 43.2 Å². The zero-order valence-electron chi connectivity index (χ0n) is 16.1. The van der Waals surface area contributed by atoms with Crippen LogP contribution in [0.2, 0.25) is 0 Å².